The number of Topliss-reactive ketones (excluding diaryl/α,β-unsaturated/α-hetero) is 1. The van der Waals surface area contributed by atoms with Crippen LogP contribution in [0.25, 0.3) is 6.08 Å². The Hall–Kier alpha value is -3.87. The number of benzene rings is 2. The molecule has 1 heterocycles. The highest BCUT2D eigenvalue weighted by Crippen LogP contribution is 2.28. The summed E-state index contributed by atoms with van der Waals surface area (Å²) in [6.07, 6.45) is 5.40. The number of carbonyl (C=O) groups is 3. The number of nitrogens with one attached hydrogen (secondary N) is 1. The number of carbonyl (C=O) groups excluding carboxylic acids is 3. The number of hydrogen-bond acceptors (Lipinski definition) is 6. The summed E-state index contributed by atoms with van der Waals surface area (Å²) in [7, 11) is 1.53. The van der Waals surface area contributed by atoms with E-state index in [2.05, 4.69) is 11.9 Å². The number of amides is 1. The number of aryl methyl sites for hydroxylation is 1. The van der Waals surface area contributed by atoms with E-state index in [0.717, 1.165) is 5.56 Å². The Morgan fingerprint density at radius 1 is 1.13 bits per heavy atom. The minimum absolute atomic E-state index is 0.0381. The van der Waals surface area contributed by atoms with Crippen molar-refractivity contribution in [3.05, 3.63) is 71.8 Å². The van der Waals surface area contributed by atoms with Crippen molar-refractivity contribution in [3.8, 4) is 11.5 Å². The lowest BCUT2D eigenvalue weighted by Gasteiger charge is -2.17. The molecule has 160 valence electrons. The standard InChI is InChI=1S/C24H23NO6/c1-3-12-30-21-9-4-16(13-22(21)29-2)5-11-24(28)31-15-20(26)18-6-8-19-17(14-18)7-10-23(27)25-19/h3-6,8-9,11,13-14H,1,7,10,12,15H2,2H3,(H,25,27)/b11-5+. The SMILES string of the molecule is C=CCOc1ccc(/C=C/C(=O)OCC(=O)c2ccc3c(c2)CCC(=O)N3)cc1OC. The third kappa shape index (κ3) is 5.82. The van der Waals surface area contributed by atoms with E-state index in [1.165, 1.54) is 13.2 Å². The number of anilines is 1. The minimum atomic E-state index is -0.635. The molecule has 2 aromatic carbocycles. The Balaban J connectivity index is 1.56. The maximum absolute atomic E-state index is 12.4. The first-order valence-electron chi connectivity index (χ1n) is 9.72. The van der Waals surface area contributed by atoms with Gasteiger partial charge in [-0.05, 0) is 54.0 Å². The first-order valence-corrected chi connectivity index (χ1v) is 9.72. The average Bonchev–Trinajstić information content (AvgIpc) is 2.79. The molecule has 0 saturated carbocycles. The summed E-state index contributed by atoms with van der Waals surface area (Å²) in [5, 5.41) is 2.76. The smallest absolute Gasteiger partial charge is 0.331 e. The zero-order chi connectivity index (χ0) is 22.2. The average molecular weight is 421 g/mol. The maximum Gasteiger partial charge on any atom is 0.331 e. The molecule has 7 heteroatoms. The Morgan fingerprint density at radius 3 is 2.74 bits per heavy atom. The molecule has 0 radical (unpaired) electrons. The number of esters is 1. The summed E-state index contributed by atoms with van der Waals surface area (Å²) < 4.78 is 15.8. The van der Waals surface area contributed by atoms with E-state index >= 15 is 0 Å². The molecule has 31 heavy (non-hydrogen) atoms. The third-order valence-corrected chi connectivity index (χ3v) is 4.62. The van der Waals surface area contributed by atoms with Crippen LogP contribution in [0.15, 0.2) is 55.1 Å². The van der Waals surface area contributed by atoms with Gasteiger partial charge >= 0.3 is 5.97 Å². The predicted molar refractivity (Wildman–Crippen MR) is 116 cm³/mol. The van der Waals surface area contributed by atoms with Gasteiger partial charge in [-0.15, -0.1) is 0 Å². The molecule has 7 nitrogen and oxygen atoms in total. The monoisotopic (exact) mass is 421 g/mol. The van der Waals surface area contributed by atoms with Crippen LogP contribution < -0.4 is 14.8 Å². The topological polar surface area (TPSA) is 90.9 Å². The minimum Gasteiger partial charge on any atom is -0.493 e. The van der Waals surface area contributed by atoms with Gasteiger partial charge in [-0.25, -0.2) is 4.79 Å². The Kier molecular flexibility index (Phi) is 7.22. The van der Waals surface area contributed by atoms with Crippen LogP contribution in [0.4, 0.5) is 5.69 Å². The highest BCUT2D eigenvalue weighted by Gasteiger charge is 2.17. The fourth-order valence-corrected chi connectivity index (χ4v) is 3.05. The molecule has 2 aromatic rings. The molecule has 0 spiro atoms. The molecule has 0 saturated heterocycles. The van der Waals surface area contributed by atoms with E-state index in [4.69, 9.17) is 14.2 Å². The summed E-state index contributed by atoms with van der Waals surface area (Å²) in [6.45, 7) is 3.58. The zero-order valence-electron chi connectivity index (χ0n) is 17.2. The van der Waals surface area contributed by atoms with Crippen LogP contribution in [0, 0.1) is 0 Å². The highest BCUT2D eigenvalue weighted by atomic mass is 16.5. The lowest BCUT2D eigenvalue weighted by atomic mass is 9.99. The van der Waals surface area contributed by atoms with E-state index in [0.29, 0.717) is 47.8 Å². The van der Waals surface area contributed by atoms with Crippen molar-refractivity contribution in [3.63, 3.8) is 0 Å². The number of ether oxygens (including phenoxy) is 3. The van der Waals surface area contributed by atoms with E-state index in [9.17, 15) is 14.4 Å². The van der Waals surface area contributed by atoms with E-state index in [-0.39, 0.29) is 18.3 Å². The predicted octanol–water partition coefficient (Wildman–Crippen LogP) is 3.58. The Labute approximate surface area is 180 Å². The summed E-state index contributed by atoms with van der Waals surface area (Å²) >= 11 is 0. The quantitative estimate of drug-likeness (QED) is 0.288. The fraction of sp³-hybridized carbons (Fsp3) is 0.208. The fourth-order valence-electron chi connectivity index (χ4n) is 3.05. The number of rotatable bonds is 9. The number of hydrogen-bond donors (Lipinski definition) is 1. The van der Waals surface area contributed by atoms with Gasteiger partial charge < -0.3 is 19.5 Å². The number of ketones is 1. The zero-order valence-corrected chi connectivity index (χ0v) is 17.2. The number of methoxy groups -OCH3 is 1. The van der Waals surface area contributed by atoms with Crippen molar-refractivity contribution in [2.45, 2.75) is 12.8 Å². The molecular weight excluding hydrogens is 398 g/mol. The molecule has 1 aliphatic heterocycles. The van der Waals surface area contributed by atoms with Gasteiger partial charge in [0.1, 0.15) is 6.61 Å². The van der Waals surface area contributed by atoms with Crippen molar-refractivity contribution in [2.75, 3.05) is 25.6 Å². The van der Waals surface area contributed by atoms with Crippen LogP contribution in [0.5, 0.6) is 11.5 Å². The highest BCUT2D eigenvalue weighted by molar-refractivity contribution is 6.00. The van der Waals surface area contributed by atoms with Crippen molar-refractivity contribution in [1.82, 2.24) is 0 Å². The normalized spacial score (nSPS) is 12.6. The molecular formula is C24H23NO6. The van der Waals surface area contributed by atoms with Gasteiger partial charge in [-0.3, -0.25) is 9.59 Å². The summed E-state index contributed by atoms with van der Waals surface area (Å²) in [6, 6.07) is 10.2. The van der Waals surface area contributed by atoms with Crippen molar-refractivity contribution in [2.24, 2.45) is 0 Å². The lowest BCUT2D eigenvalue weighted by Crippen LogP contribution is -2.20. The van der Waals surface area contributed by atoms with Gasteiger partial charge in [0.15, 0.2) is 23.9 Å². The molecule has 0 atom stereocenters. The van der Waals surface area contributed by atoms with E-state index < -0.39 is 5.97 Å². The van der Waals surface area contributed by atoms with Crippen LogP contribution in [0.2, 0.25) is 0 Å². The van der Waals surface area contributed by atoms with Gasteiger partial charge in [-0.2, -0.15) is 0 Å². The summed E-state index contributed by atoms with van der Waals surface area (Å²) in [4.78, 5) is 35.8. The molecule has 0 aromatic heterocycles. The Morgan fingerprint density at radius 2 is 1.97 bits per heavy atom. The van der Waals surface area contributed by atoms with E-state index in [1.807, 2.05) is 0 Å². The van der Waals surface area contributed by atoms with Crippen molar-refractivity contribution < 1.29 is 28.6 Å². The van der Waals surface area contributed by atoms with E-state index in [1.54, 1.807) is 48.6 Å². The molecule has 3 rings (SSSR count). The van der Waals surface area contributed by atoms with Crippen LogP contribution in [-0.4, -0.2) is 38.0 Å². The summed E-state index contributed by atoms with van der Waals surface area (Å²) in [5.74, 6) is 0.105. The molecule has 0 unspecified atom stereocenters. The molecule has 0 bridgehead atoms. The molecule has 0 fully saturated rings. The second-order valence-corrected chi connectivity index (χ2v) is 6.79. The van der Waals surface area contributed by atoms with Gasteiger partial charge in [0.05, 0.1) is 7.11 Å². The van der Waals surface area contributed by atoms with Crippen molar-refractivity contribution >= 4 is 29.4 Å². The van der Waals surface area contributed by atoms with Crippen LogP contribution in [0.3, 0.4) is 0 Å². The largest absolute Gasteiger partial charge is 0.493 e. The molecule has 1 amide bonds. The number of fused-ring (bicyclic) bond motifs is 1. The second kappa shape index (κ2) is 10.2. The Bertz CT molecular complexity index is 1040. The molecule has 1 aliphatic rings. The van der Waals surface area contributed by atoms with Gasteiger partial charge in [0.2, 0.25) is 5.91 Å². The maximum atomic E-state index is 12.4. The second-order valence-electron chi connectivity index (χ2n) is 6.79. The lowest BCUT2D eigenvalue weighted by molar-refractivity contribution is -0.136. The molecule has 1 N–H and O–H groups in total. The third-order valence-electron chi connectivity index (χ3n) is 4.62. The van der Waals surface area contributed by atoms with Gasteiger partial charge in [0.25, 0.3) is 0 Å². The van der Waals surface area contributed by atoms with Crippen molar-refractivity contribution in [1.29, 1.82) is 0 Å². The summed E-state index contributed by atoms with van der Waals surface area (Å²) in [5.41, 5.74) is 2.75. The van der Waals surface area contributed by atoms with Gasteiger partial charge in [-0.1, -0.05) is 18.7 Å². The van der Waals surface area contributed by atoms with Crippen LogP contribution in [0.1, 0.15) is 27.9 Å². The van der Waals surface area contributed by atoms with Crippen LogP contribution >= 0.6 is 0 Å². The van der Waals surface area contributed by atoms with Crippen LogP contribution in [-0.2, 0) is 20.7 Å². The van der Waals surface area contributed by atoms with Gasteiger partial charge in [0, 0.05) is 23.7 Å². The molecule has 0 aliphatic carbocycles. The first kappa shape index (κ1) is 21.8. The first-order chi connectivity index (χ1) is 15.0.